The molecule has 16 heavy (non-hydrogen) atoms. The van der Waals surface area contributed by atoms with E-state index in [2.05, 4.69) is 4.98 Å². The number of hydrogen-bond acceptors (Lipinski definition) is 3. The van der Waals surface area contributed by atoms with Gasteiger partial charge in [0.1, 0.15) is 6.10 Å². The fourth-order valence-corrected chi connectivity index (χ4v) is 1.86. The maximum atomic E-state index is 9.99. The van der Waals surface area contributed by atoms with Crippen LogP contribution in [0.1, 0.15) is 17.4 Å². The summed E-state index contributed by atoms with van der Waals surface area (Å²) in [6.07, 6.45) is -0.600. The smallest absolute Gasteiger partial charge is 0.103 e. The molecule has 0 saturated heterocycles. The molecule has 1 aromatic heterocycles. The largest absolute Gasteiger partial charge is 0.386 e. The Morgan fingerprint density at radius 1 is 1.38 bits per heavy atom. The number of fused-ring (bicyclic) bond motifs is 1. The lowest BCUT2D eigenvalue weighted by Crippen LogP contribution is -2.06. The number of nitrogens with zero attached hydrogens (tertiary/aromatic N) is 1. The van der Waals surface area contributed by atoms with Crippen molar-refractivity contribution in [2.75, 3.05) is 13.7 Å². The molecule has 1 N–H and O–H groups in total. The molecule has 0 aliphatic heterocycles. The maximum absolute atomic E-state index is 9.99. The summed E-state index contributed by atoms with van der Waals surface area (Å²) in [4.78, 5) is 4.43. The van der Waals surface area contributed by atoms with Crippen LogP contribution >= 0.6 is 0 Å². The van der Waals surface area contributed by atoms with Crippen LogP contribution in [-0.4, -0.2) is 23.8 Å². The molecule has 0 amide bonds. The normalized spacial score (nSPS) is 12.9. The van der Waals surface area contributed by atoms with E-state index in [0.717, 1.165) is 22.2 Å². The predicted octanol–water partition coefficient (Wildman–Crippen LogP) is 2.22. The Kier molecular flexibility index (Phi) is 3.17. The standard InChI is InChI=1S/C13H15NO2/c1-9-7-11(13(15)8-16-2)10-5-3-4-6-12(10)14-9/h3-7,13,15H,8H2,1-2H3. The fraction of sp³-hybridized carbons (Fsp3) is 0.308. The molecule has 2 rings (SSSR count). The Bertz CT molecular complexity index is 496. The first-order chi connectivity index (χ1) is 7.72. The van der Waals surface area contributed by atoms with Gasteiger partial charge >= 0.3 is 0 Å². The van der Waals surface area contributed by atoms with Crippen molar-refractivity contribution in [2.24, 2.45) is 0 Å². The maximum Gasteiger partial charge on any atom is 0.103 e. The number of benzene rings is 1. The van der Waals surface area contributed by atoms with E-state index in [4.69, 9.17) is 4.74 Å². The van der Waals surface area contributed by atoms with Crippen LogP contribution in [0.3, 0.4) is 0 Å². The third-order valence-corrected chi connectivity index (χ3v) is 2.56. The number of aliphatic hydroxyl groups is 1. The van der Waals surface area contributed by atoms with Gasteiger partial charge in [-0.3, -0.25) is 4.98 Å². The molecule has 1 aromatic carbocycles. The van der Waals surface area contributed by atoms with Crippen LogP contribution in [0.4, 0.5) is 0 Å². The molecule has 0 aliphatic carbocycles. The number of methoxy groups -OCH3 is 1. The molecule has 3 nitrogen and oxygen atoms in total. The average Bonchev–Trinajstić information content (AvgIpc) is 2.28. The van der Waals surface area contributed by atoms with Crippen LogP contribution < -0.4 is 0 Å². The van der Waals surface area contributed by atoms with Crippen molar-refractivity contribution in [3.63, 3.8) is 0 Å². The first-order valence-corrected chi connectivity index (χ1v) is 5.25. The van der Waals surface area contributed by atoms with E-state index in [1.807, 2.05) is 37.3 Å². The van der Waals surface area contributed by atoms with E-state index < -0.39 is 6.10 Å². The van der Waals surface area contributed by atoms with Crippen molar-refractivity contribution in [3.8, 4) is 0 Å². The molecule has 0 fully saturated rings. The molecular weight excluding hydrogens is 202 g/mol. The van der Waals surface area contributed by atoms with Gasteiger partial charge in [-0.2, -0.15) is 0 Å². The number of hydrogen-bond donors (Lipinski definition) is 1. The summed E-state index contributed by atoms with van der Waals surface area (Å²) in [5, 5.41) is 11.0. The van der Waals surface area contributed by atoms with Gasteiger partial charge in [0, 0.05) is 18.2 Å². The minimum absolute atomic E-state index is 0.299. The number of ether oxygens (including phenoxy) is 1. The number of pyridine rings is 1. The van der Waals surface area contributed by atoms with E-state index in [9.17, 15) is 5.11 Å². The average molecular weight is 217 g/mol. The van der Waals surface area contributed by atoms with Gasteiger partial charge in [0.25, 0.3) is 0 Å². The summed E-state index contributed by atoms with van der Waals surface area (Å²) in [6, 6.07) is 9.72. The van der Waals surface area contributed by atoms with Crippen LogP contribution in [-0.2, 0) is 4.74 Å². The summed E-state index contributed by atoms with van der Waals surface area (Å²) in [5.41, 5.74) is 2.70. The summed E-state index contributed by atoms with van der Waals surface area (Å²) < 4.78 is 4.98. The highest BCUT2D eigenvalue weighted by molar-refractivity contribution is 5.82. The predicted molar refractivity (Wildman–Crippen MR) is 63.3 cm³/mol. The Morgan fingerprint density at radius 2 is 2.12 bits per heavy atom. The van der Waals surface area contributed by atoms with Crippen molar-refractivity contribution < 1.29 is 9.84 Å². The zero-order valence-corrected chi connectivity index (χ0v) is 9.47. The second-order valence-electron chi connectivity index (χ2n) is 3.84. The topological polar surface area (TPSA) is 42.4 Å². The minimum atomic E-state index is -0.600. The number of aliphatic hydroxyl groups excluding tert-OH is 1. The van der Waals surface area contributed by atoms with Crippen molar-refractivity contribution in [1.82, 2.24) is 4.98 Å². The number of rotatable bonds is 3. The van der Waals surface area contributed by atoms with E-state index >= 15 is 0 Å². The van der Waals surface area contributed by atoms with Gasteiger partial charge in [0.2, 0.25) is 0 Å². The summed E-state index contributed by atoms with van der Waals surface area (Å²) in [6.45, 7) is 2.23. The molecule has 0 spiro atoms. The van der Waals surface area contributed by atoms with Gasteiger partial charge < -0.3 is 9.84 Å². The van der Waals surface area contributed by atoms with Gasteiger partial charge in [0.15, 0.2) is 0 Å². The third-order valence-electron chi connectivity index (χ3n) is 2.56. The summed E-state index contributed by atoms with van der Waals surface area (Å²) in [7, 11) is 1.58. The van der Waals surface area contributed by atoms with Crippen molar-refractivity contribution >= 4 is 10.9 Å². The van der Waals surface area contributed by atoms with Gasteiger partial charge in [-0.15, -0.1) is 0 Å². The second-order valence-corrected chi connectivity index (χ2v) is 3.84. The molecular formula is C13H15NO2. The van der Waals surface area contributed by atoms with Crippen LogP contribution in [0.2, 0.25) is 0 Å². The van der Waals surface area contributed by atoms with Crippen molar-refractivity contribution in [2.45, 2.75) is 13.0 Å². The Labute approximate surface area is 94.7 Å². The number of aryl methyl sites for hydroxylation is 1. The quantitative estimate of drug-likeness (QED) is 0.857. The summed E-state index contributed by atoms with van der Waals surface area (Å²) in [5.74, 6) is 0. The van der Waals surface area contributed by atoms with E-state index in [-0.39, 0.29) is 0 Å². The van der Waals surface area contributed by atoms with Crippen LogP contribution in [0, 0.1) is 6.92 Å². The highest BCUT2D eigenvalue weighted by atomic mass is 16.5. The lowest BCUT2D eigenvalue weighted by Gasteiger charge is -2.13. The monoisotopic (exact) mass is 217 g/mol. The van der Waals surface area contributed by atoms with Gasteiger partial charge in [0.05, 0.1) is 12.1 Å². The molecule has 0 bridgehead atoms. The van der Waals surface area contributed by atoms with Crippen molar-refractivity contribution in [1.29, 1.82) is 0 Å². The lowest BCUT2D eigenvalue weighted by molar-refractivity contribution is 0.0652. The van der Waals surface area contributed by atoms with E-state index in [1.165, 1.54) is 0 Å². The van der Waals surface area contributed by atoms with Crippen LogP contribution in [0.15, 0.2) is 30.3 Å². The lowest BCUT2D eigenvalue weighted by atomic mass is 10.0. The first kappa shape index (κ1) is 11.0. The Balaban J connectivity index is 2.58. The zero-order valence-electron chi connectivity index (χ0n) is 9.47. The number of aromatic nitrogens is 1. The molecule has 1 heterocycles. The highest BCUT2D eigenvalue weighted by Gasteiger charge is 2.12. The molecule has 2 aromatic rings. The molecule has 84 valence electrons. The first-order valence-electron chi connectivity index (χ1n) is 5.25. The third kappa shape index (κ3) is 2.05. The second kappa shape index (κ2) is 4.60. The number of para-hydroxylation sites is 1. The summed E-state index contributed by atoms with van der Waals surface area (Å²) >= 11 is 0. The van der Waals surface area contributed by atoms with Gasteiger partial charge in [-0.25, -0.2) is 0 Å². The molecule has 3 heteroatoms. The zero-order chi connectivity index (χ0) is 11.5. The Hall–Kier alpha value is -1.45. The molecule has 1 atom stereocenters. The van der Waals surface area contributed by atoms with E-state index in [1.54, 1.807) is 7.11 Å². The minimum Gasteiger partial charge on any atom is -0.386 e. The van der Waals surface area contributed by atoms with Gasteiger partial charge in [-0.1, -0.05) is 18.2 Å². The Morgan fingerprint density at radius 3 is 2.88 bits per heavy atom. The van der Waals surface area contributed by atoms with Crippen LogP contribution in [0.5, 0.6) is 0 Å². The van der Waals surface area contributed by atoms with Crippen molar-refractivity contribution in [3.05, 3.63) is 41.6 Å². The van der Waals surface area contributed by atoms with Gasteiger partial charge in [-0.05, 0) is 24.6 Å². The molecule has 0 saturated carbocycles. The SMILES string of the molecule is COCC(O)c1cc(C)nc2ccccc12. The molecule has 1 unspecified atom stereocenters. The van der Waals surface area contributed by atoms with E-state index in [0.29, 0.717) is 6.61 Å². The molecule has 0 radical (unpaired) electrons. The highest BCUT2D eigenvalue weighted by Crippen LogP contribution is 2.24. The van der Waals surface area contributed by atoms with Crippen LogP contribution in [0.25, 0.3) is 10.9 Å². The fourth-order valence-electron chi connectivity index (χ4n) is 1.86. The molecule has 0 aliphatic rings.